The molecule has 7 aromatic rings. The molecule has 1 nitrogen and oxygen atoms in total. The highest BCUT2D eigenvalue weighted by Gasteiger charge is 2.38. The standard InChI is InChI=1S/C46H39NS/c1-7-28(2)29-16-18-30(19-17-29)47(32-20-22-34-33-12-8-10-14-38(33)46(5,6)41(34)27-32)31-21-24-39-37(26-31)43-40(45(39,3)4)25-23-36-35-13-9-11-15-42(35)48-44(36)43/h7-27H,1-6H3/b28-7+. The average molecular weight is 638 g/mol. The van der Waals surface area contributed by atoms with Gasteiger partial charge in [-0.25, -0.2) is 0 Å². The maximum absolute atomic E-state index is 2.46. The third-order valence-corrected chi connectivity index (χ3v) is 12.5. The molecule has 0 saturated carbocycles. The number of hydrogen-bond acceptors (Lipinski definition) is 2. The zero-order valence-corrected chi connectivity index (χ0v) is 29.3. The van der Waals surface area contributed by atoms with E-state index in [1.165, 1.54) is 87.2 Å². The fourth-order valence-corrected chi connectivity index (χ4v) is 9.73. The van der Waals surface area contributed by atoms with Gasteiger partial charge in [0.1, 0.15) is 0 Å². The van der Waals surface area contributed by atoms with E-state index in [4.69, 9.17) is 0 Å². The van der Waals surface area contributed by atoms with Crippen LogP contribution in [0, 0.1) is 0 Å². The fourth-order valence-electron chi connectivity index (χ4n) is 8.46. The normalized spacial score (nSPS) is 15.3. The topological polar surface area (TPSA) is 3.24 Å². The number of benzene rings is 6. The molecular formula is C46H39NS. The van der Waals surface area contributed by atoms with Crippen LogP contribution in [0.2, 0.25) is 0 Å². The van der Waals surface area contributed by atoms with Gasteiger partial charge in [-0.15, -0.1) is 11.3 Å². The van der Waals surface area contributed by atoms with Crippen LogP contribution < -0.4 is 4.90 Å². The molecule has 0 saturated heterocycles. The van der Waals surface area contributed by atoms with Crippen LogP contribution >= 0.6 is 11.3 Å². The lowest BCUT2D eigenvalue weighted by atomic mass is 9.82. The molecule has 0 fully saturated rings. The number of hydrogen-bond donors (Lipinski definition) is 0. The Balaban J connectivity index is 1.27. The lowest BCUT2D eigenvalue weighted by Crippen LogP contribution is -2.17. The summed E-state index contributed by atoms with van der Waals surface area (Å²) in [6, 6.07) is 45.9. The minimum Gasteiger partial charge on any atom is -0.310 e. The molecule has 234 valence electrons. The smallest absolute Gasteiger partial charge is 0.0468 e. The average Bonchev–Trinajstić information content (AvgIpc) is 3.68. The van der Waals surface area contributed by atoms with Crippen molar-refractivity contribution in [1.82, 2.24) is 0 Å². The lowest BCUT2D eigenvalue weighted by molar-refractivity contribution is 0.660. The van der Waals surface area contributed by atoms with Crippen molar-refractivity contribution in [2.75, 3.05) is 4.90 Å². The van der Waals surface area contributed by atoms with Crippen LogP contribution in [-0.2, 0) is 10.8 Å². The number of thiophene rings is 1. The van der Waals surface area contributed by atoms with Crippen molar-refractivity contribution in [2.24, 2.45) is 0 Å². The molecule has 2 aliphatic carbocycles. The first-order valence-electron chi connectivity index (χ1n) is 17.1. The van der Waals surface area contributed by atoms with E-state index in [-0.39, 0.29) is 10.8 Å². The Hall–Kier alpha value is -4.92. The Bertz CT molecular complexity index is 2470. The van der Waals surface area contributed by atoms with Crippen molar-refractivity contribution in [3.63, 3.8) is 0 Å². The maximum Gasteiger partial charge on any atom is 0.0468 e. The Morgan fingerprint density at radius 1 is 0.562 bits per heavy atom. The second-order valence-electron chi connectivity index (χ2n) is 14.6. The Kier molecular flexibility index (Phi) is 6.27. The summed E-state index contributed by atoms with van der Waals surface area (Å²) in [5, 5.41) is 2.71. The van der Waals surface area contributed by atoms with Crippen LogP contribution in [0.3, 0.4) is 0 Å². The molecule has 0 amide bonds. The third kappa shape index (κ3) is 4.02. The molecule has 1 heterocycles. The Morgan fingerprint density at radius 2 is 1.19 bits per heavy atom. The van der Waals surface area contributed by atoms with Crippen LogP contribution in [0.5, 0.6) is 0 Å². The molecule has 9 rings (SSSR count). The molecule has 2 heteroatoms. The van der Waals surface area contributed by atoms with Gasteiger partial charge in [0, 0.05) is 53.6 Å². The van der Waals surface area contributed by atoms with Crippen molar-refractivity contribution >= 4 is 54.1 Å². The highest BCUT2D eigenvalue weighted by atomic mass is 32.1. The zero-order chi connectivity index (χ0) is 32.9. The number of fused-ring (bicyclic) bond motifs is 10. The third-order valence-electron chi connectivity index (χ3n) is 11.3. The summed E-state index contributed by atoms with van der Waals surface area (Å²) in [5.41, 5.74) is 17.0. The van der Waals surface area contributed by atoms with Gasteiger partial charge in [-0.1, -0.05) is 113 Å². The van der Waals surface area contributed by atoms with Crippen molar-refractivity contribution in [3.8, 4) is 22.3 Å². The SMILES string of the molecule is C/C=C(\C)c1ccc(N(c2ccc3c(c2)-c2c(ccc4c2sc2ccccc24)C3(C)C)c2ccc3c(c2)C(C)(C)c2ccccc2-3)cc1. The summed E-state index contributed by atoms with van der Waals surface area (Å²) in [6.07, 6.45) is 2.18. The fraction of sp³-hybridized carbons (Fsp3) is 0.174. The molecule has 0 aliphatic heterocycles. The second kappa shape index (κ2) is 10.3. The van der Waals surface area contributed by atoms with Crippen LogP contribution in [0.4, 0.5) is 17.1 Å². The van der Waals surface area contributed by atoms with Gasteiger partial charge >= 0.3 is 0 Å². The molecule has 0 spiro atoms. The van der Waals surface area contributed by atoms with Crippen LogP contribution in [-0.4, -0.2) is 0 Å². The summed E-state index contributed by atoms with van der Waals surface area (Å²) in [4.78, 5) is 2.46. The number of nitrogens with zero attached hydrogens (tertiary/aromatic N) is 1. The van der Waals surface area contributed by atoms with E-state index in [1.807, 2.05) is 11.3 Å². The van der Waals surface area contributed by atoms with Crippen molar-refractivity contribution in [1.29, 1.82) is 0 Å². The van der Waals surface area contributed by atoms with Gasteiger partial charge < -0.3 is 4.90 Å². The van der Waals surface area contributed by atoms with E-state index in [0.717, 1.165) is 5.69 Å². The van der Waals surface area contributed by atoms with Gasteiger partial charge in [-0.2, -0.15) is 0 Å². The molecule has 0 radical (unpaired) electrons. The molecule has 0 bridgehead atoms. The summed E-state index contributed by atoms with van der Waals surface area (Å²) in [5.74, 6) is 0. The van der Waals surface area contributed by atoms with E-state index in [0.29, 0.717) is 0 Å². The van der Waals surface area contributed by atoms with Crippen LogP contribution in [0.15, 0.2) is 127 Å². The Labute approximate surface area is 287 Å². The summed E-state index contributed by atoms with van der Waals surface area (Å²) in [6.45, 7) is 13.8. The maximum atomic E-state index is 2.46. The van der Waals surface area contributed by atoms with E-state index >= 15 is 0 Å². The van der Waals surface area contributed by atoms with Crippen molar-refractivity contribution in [3.05, 3.63) is 155 Å². The van der Waals surface area contributed by atoms with E-state index in [1.54, 1.807) is 0 Å². The van der Waals surface area contributed by atoms with Gasteiger partial charge in [0.15, 0.2) is 0 Å². The van der Waals surface area contributed by atoms with E-state index < -0.39 is 0 Å². The highest BCUT2D eigenvalue weighted by molar-refractivity contribution is 7.26. The second-order valence-corrected chi connectivity index (χ2v) is 15.6. The number of rotatable bonds is 4. The minimum absolute atomic E-state index is 0.0752. The van der Waals surface area contributed by atoms with Crippen LogP contribution in [0.1, 0.15) is 69.4 Å². The van der Waals surface area contributed by atoms with Gasteiger partial charge in [-0.05, 0) is 106 Å². The molecule has 1 aromatic heterocycles. The van der Waals surface area contributed by atoms with Gasteiger partial charge in [0.25, 0.3) is 0 Å². The predicted molar refractivity (Wildman–Crippen MR) is 208 cm³/mol. The van der Waals surface area contributed by atoms with Crippen LogP contribution in [0.25, 0.3) is 48.0 Å². The quantitative estimate of drug-likeness (QED) is 0.186. The first-order chi connectivity index (χ1) is 23.2. The molecule has 0 atom stereocenters. The predicted octanol–water partition coefficient (Wildman–Crippen LogP) is 13.6. The van der Waals surface area contributed by atoms with E-state index in [2.05, 4.69) is 174 Å². The lowest BCUT2D eigenvalue weighted by Gasteiger charge is -2.29. The van der Waals surface area contributed by atoms with E-state index in [9.17, 15) is 0 Å². The largest absolute Gasteiger partial charge is 0.310 e. The monoisotopic (exact) mass is 637 g/mol. The van der Waals surface area contributed by atoms with Gasteiger partial charge in [0.2, 0.25) is 0 Å². The van der Waals surface area contributed by atoms with Crippen molar-refractivity contribution < 1.29 is 0 Å². The molecule has 6 aromatic carbocycles. The van der Waals surface area contributed by atoms with Gasteiger partial charge in [-0.3, -0.25) is 0 Å². The first kappa shape index (κ1) is 29.2. The molecule has 2 aliphatic rings. The zero-order valence-electron chi connectivity index (χ0n) is 28.5. The minimum atomic E-state index is -0.0760. The molecule has 0 unspecified atom stereocenters. The van der Waals surface area contributed by atoms with Crippen molar-refractivity contribution in [2.45, 2.75) is 52.4 Å². The number of allylic oxidation sites excluding steroid dienone is 2. The first-order valence-corrected chi connectivity index (χ1v) is 17.9. The Morgan fingerprint density at radius 3 is 2.00 bits per heavy atom. The highest BCUT2D eigenvalue weighted by Crippen LogP contribution is 2.56. The summed E-state index contributed by atoms with van der Waals surface area (Å²) < 4.78 is 2.75. The van der Waals surface area contributed by atoms with Gasteiger partial charge in [0.05, 0.1) is 0 Å². The molecule has 0 N–H and O–H groups in total. The molecular weight excluding hydrogens is 599 g/mol. The number of anilines is 3. The molecule has 48 heavy (non-hydrogen) atoms. The summed E-state index contributed by atoms with van der Waals surface area (Å²) >= 11 is 1.93. The summed E-state index contributed by atoms with van der Waals surface area (Å²) in [7, 11) is 0.